The number of esters is 3. The van der Waals surface area contributed by atoms with E-state index in [9.17, 15) is 14.4 Å². The molecule has 6 nitrogen and oxygen atoms in total. The number of hydrogen-bond acceptors (Lipinski definition) is 6. The van der Waals surface area contributed by atoms with Crippen molar-refractivity contribution in [3.8, 4) is 0 Å². The third kappa shape index (κ3) is 44.7. The summed E-state index contributed by atoms with van der Waals surface area (Å²) in [4.78, 5) is 37.8. The van der Waals surface area contributed by atoms with Gasteiger partial charge in [0.25, 0.3) is 0 Å². The lowest BCUT2D eigenvalue weighted by molar-refractivity contribution is -0.167. The van der Waals surface area contributed by atoms with Crippen LogP contribution in [0.2, 0.25) is 0 Å². The van der Waals surface area contributed by atoms with Crippen molar-refractivity contribution in [1.29, 1.82) is 0 Å². The van der Waals surface area contributed by atoms with Crippen molar-refractivity contribution in [2.75, 3.05) is 13.2 Å². The Morgan fingerprint density at radius 1 is 0.345 bits per heavy atom. The van der Waals surface area contributed by atoms with Crippen molar-refractivity contribution in [1.82, 2.24) is 0 Å². The molecular formula is C52H94O6. The summed E-state index contributed by atoms with van der Waals surface area (Å²) in [6, 6.07) is 0. The van der Waals surface area contributed by atoms with Gasteiger partial charge < -0.3 is 14.2 Å². The molecule has 0 radical (unpaired) electrons. The Morgan fingerprint density at radius 3 is 1.00 bits per heavy atom. The van der Waals surface area contributed by atoms with Crippen LogP contribution in [0.25, 0.3) is 0 Å². The minimum Gasteiger partial charge on any atom is -0.462 e. The van der Waals surface area contributed by atoms with Crippen molar-refractivity contribution >= 4 is 17.9 Å². The molecule has 58 heavy (non-hydrogen) atoms. The molecule has 0 spiro atoms. The van der Waals surface area contributed by atoms with Gasteiger partial charge in [0.15, 0.2) is 6.10 Å². The Bertz CT molecular complexity index is 984. The molecule has 0 aromatic heterocycles. The molecule has 0 N–H and O–H groups in total. The molecule has 338 valence electrons. The largest absolute Gasteiger partial charge is 0.462 e. The molecule has 0 saturated carbocycles. The van der Waals surface area contributed by atoms with Crippen LogP contribution in [-0.2, 0) is 28.6 Å². The van der Waals surface area contributed by atoms with Crippen molar-refractivity contribution < 1.29 is 28.6 Å². The van der Waals surface area contributed by atoms with Gasteiger partial charge in [0, 0.05) is 19.3 Å². The number of carbonyl (C=O) groups excluding carboxylic acids is 3. The maximum atomic E-state index is 12.7. The second-order valence-electron chi connectivity index (χ2n) is 16.7. The maximum absolute atomic E-state index is 12.7. The molecule has 0 bridgehead atoms. The van der Waals surface area contributed by atoms with Gasteiger partial charge in [-0.1, -0.05) is 218 Å². The summed E-state index contributed by atoms with van der Waals surface area (Å²) in [5, 5.41) is 0. The molecule has 0 aromatic rings. The van der Waals surface area contributed by atoms with Crippen molar-refractivity contribution in [2.24, 2.45) is 0 Å². The van der Waals surface area contributed by atoms with Gasteiger partial charge in [0.2, 0.25) is 0 Å². The van der Waals surface area contributed by atoms with Crippen LogP contribution in [0.3, 0.4) is 0 Å². The second-order valence-corrected chi connectivity index (χ2v) is 16.7. The molecule has 0 heterocycles. The van der Waals surface area contributed by atoms with E-state index in [-0.39, 0.29) is 37.5 Å². The molecule has 0 unspecified atom stereocenters. The zero-order valence-electron chi connectivity index (χ0n) is 38.6. The third-order valence-corrected chi connectivity index (χ3v) is 10.9. The molecule has 0 amide bonds. The van der Waals surface area contributed by atoms with Gasteiger partial charge in [-0.15, -0.1) is 0 Å². The first-order valence-electron chi connectivity index (χ1n) is 25.0. The fourth-order valence-corrected chi connectivity index (χ4v) is 7.10. The first-order chi connectivity index (χ1) is 28.5. The molecule has 0 saturated heterocycles. The summed E-state index contributed by atoms with van der Waals surface area (Å²) >= 11 is 0. The lowest BCUT2D eigenvalue weighted by Crippen LogP contribution is -2.30. The number of rotatable bonds is 45. The predicted molar refractivity (Wildman–Crippen MR) is 247 cm³/mol. The maximum Gasteiger partial charge on any atom is 0.306 e. The van der Waals surface area contributed by atoms with Crippen LogP contribution < -0.4 is 0 Å². The van der Waals surface area contributed by atoms with Gasteiger partial charge in [0.1, 0.15) is 13.2 Å². The summed E-state index contributed by atoms with van der Waals surface area (Å²) in [7, 11) is 0. The Labute approximate surface area is 359 Å². The van der Waals surface area contributed by atoms with Crippen molar-refractivity contribution in [3.63, 3.8) is 0 Å². The Hall–Kier alpha value is -2.37. The van der Waals surface area contributed by atoms with Crippen LogP contribution in [0.5, 0.6) is 0 Å². The van der Waals surface area contributed by atoms with E-state index in [0.717, 1.165) is 64.2 Å². The zero-order valence-corrected chi connectivity index (χ0v) is 38.6. The minimum absolute atomic E-state index is 0.0837. The molecule has 0 rings (SSSR count). The lowest BCUT2D eigenvalue weighted by atomic mass is 10.0. The molecule has 0 aliphatic rings. The number of hydrogen-bond donors (Lipinski definition) is 0. The van der Waals surface area contributed by atoms with E-state index in [4.69, 9.17) is 14.2 Å². The fraction of sp³-hybridized carbons (Fsp3) is 0.827. The van der Waals surface area contributed by atoms with E-state index in [1.807, 2.05) is 0 Å². The van der Waals surface area contributed by atoms with Gasteiger partial charge >= 0.3 is 17.9 Å². The summed E-state index contributed by atoms with van der Waals surface area (Å²) < 4.78 is 16.7. The van der Waals surface area contributed by atoms with Crippen LogP contribution in [0, 0.1) is 0 Å². The molecule has 1 atom stereocenters. The highest BCUT2D eigenvalue weighted by Gasteiger charge is 2.19. The minimum atomic E-state index is -0.785. The Kier molecular flexibility index (Phi) is 45.4. The van der Waals surface area contributed by atoms with E-state index >= 15 is 0 Å². The number of ether oxygens (including phenoxy) is 3. The summed E-state index contributed by atoms with van der Waals surface area (Å²) in [6.45, 7) is 6.57. The van der Waals surface area contributed by atoms with Crippen LogP contribution in [0.1, 0.15) is 258 Å². The fourth-order valence-electron chi connectivity index (χ4n) is 7.10. The highest BCUT2D eigenvalue weighted by atomic mass is 16.6. The molecule has 0 aliphatic heterocycles. The SMILES string of the molecule is CCCCC/C=C\C/C=C\C/C=C\CCCCC(=O)O[C@H](COC(=O)CCCCCCCCCCC)COC(=O)CCCCCCCCCCCCCCCCCC. The third-order valence-electron chi connectivity index (χ3n) is 10.9. The molecule has 0 aromatic carbocycles. The number of allylic oxidation sites excluding steroid dienone is 6. The Balaban J connectivity index is 4.36. The number of unbranched alkanes of at least 4 members (excludes halogenated alkanes) is 28. The van der Waals surface area contributed by atoms with E-state index in [2.05, 4.69) is 57.2 Å². The zero-order chi connectivity index (χ0) is 42.3. The van der Waals surface area contributed by atoms with Crippen molar-refractivity contribution in [2.45, 2.75) is 264 Å². The normalized spacial score (nSPS) is 12.3. The lowest BCUT2D eigenvalue weighted by Gasteiger charge is -2.18. The smallest absolute Gasteiger partial charge is 0.306 e. The average molecular weight is 815 g/mol. The standard InChI is InChI=1S/C52H94O6/c1-4-7-10-13-16-19-21-23-25-27-28-30-33-36-39-42-45-51(54)57-48-49(47-56-50(53)44-41-38-35-32-18-15-12-9-6-3)58-52(55)46-43-40-37-34-31-29-26-24-22-20-17-14-11-8-5-2/h17,20,24,26,31,34,49H,4-16,18-19,21-23,25,27-30,32-33,35-48H2,1-3H3/b20-17-,26-24-,34-31-/t49-/m1/s1. The molecule has 0 fully saturated rings. The second kappa shape index (κ2) is 47.3. The first-order valence-corrected chi connectivity index (χ1v) is 25.0. The first kappa shape index (κ1) is 55.6. The average Bonchev–Trinajstić information content (AvgIpc) is 3.22. The Morgan fingerprint density at radius 2 is 0.621 bits per heavy atom. The highest BCUT2D eigenvalue weighted by Crippen LogP contribution is 2.15. The topological polar surface area (TPSA) is 78.9 Å². The van der Waals surface area contributed by atoms with Crippen LogP contribution >= 0.6 is 0 Å². The van der Waals surface area contributed by atoms with Gasteiger partial charge in [-0.25, -0.2) is 0 Å². The van der Waals surface area contributed by atoms with E-state index < -0.39 is 6.10 Å². The number of carbonyl (C=O) groups is 3. The van der Waals surface area contributed by atoms with Crippen LogP contribution in [0.4, 0.5) is 0 Å². The van der Waals surface area contributed by atoms with Crippen LogP contribution in [0.15, 0.2) is 36.5 Å². The van der Waals surface area contributed by atoms with E-state index in [0.29, 0.717) is 19.3 Å². The van der Waals surface area contributed by atoms with Crippen molar-refractivity contribution in [3.05, 3.63) is 36.5 Å². The van der Waals surface area contributed by atoms with Gasteiger partial charge in [0.05, 0.1) is 0 Å². The monoisotopic (exact) mass is 815 g/mol. The van der Waals surface area contributed by atoms with Gasteiger partial charge in [-0.2, -0.15) is 0 Å². The predicted octanol–water partition coefficient (Wildman–Crippen LogP) is 16.1. The summed E-state index contributed by atoms with van der Waals surface area (Å²) in [5.74, 6) is -0.916. The van der Waals surface area contributed by atoms with Gasteiger partial charge in [-0.05, 0) is 57.8 Å². The molecule has 0 aliphatic carbocycles. The molecule has 6 heteroatoms. The summed E-state index contributed by atoms with van der Waals surface area (Å²) in [5.41, 5.74) is 0. The quantitative estimate of drug-likeness (QED) is 0.0264. The van der Waals surface area contributed by atoms with Crippen LogP contribution in [-0.4, -0.2) is 37.2 Å². The molecular weight excluding hydrogens is 721 g/mol. The highest BCUT2D eigenvalue weighted by molar-refractivity contribution is 5.71. The summed E-state index contributed by atoms with van der Waals surface area (Å²) in [6.07, 6.45) is 54.2. The van der Waals surface area contributed by atoms with E-state index in [1.54, 1.807) is 0 Å². The van der Waals surface area contributed by atoms with Gasteiger partial charge in [-0.3, -0.25) is 14.4 Å². The van der Waals surface area contributed by atoms with E-state index in [1.165, 1.54) is 148 Å².